The average Bonchev–Trinajstić information content (AvgIpc) is 2.06. The Hall–Kier alpha value is -1.10. The fourth-order valence-corrected chi connectivity index (χ4v) is 0.462. The van der Waals surface area contributed by atoms with Crippen LogP contribution in [0.1, 0.15) is 22.2 Å². The van der Waals surface area contributed by atoms with Crippen LogP contribution in [-0.4, -0.2) is 36.7 Å². The summed E-state index contributed by atoms with van der Waals surface area (Å²) in [4.78, 5) is 20.1. The van der Waals surface area contributed by atoms with Crippen molar-refractivity contribution in [2.24, 2.45) is 0 Å². The first-order valence-electron chi connectivity index (χ1n) is 4.19. The van der Waals surface area contributed by atoms with Crippen LogP contribution in [0.5, 0.6) is 0 Å². The van der Waals surface area contributed by atoms with E-state index in [9.17, 15) is 9.59 Å². The van der Waals surface area contributed by atoms with Gasteiger partial charge in [-0.3, -0.25) is 9.59 Å². The Labute approximate surface area is 79.6 Å². The van der Waals surface area contributed by atoms with E-state index in [0.29, 0.717) is 6.54 Å². The van der Waals surface area contributed by atoms with Crippen molar-refractivity contribution >= 4 is 11.9 Å². The van der Waals surface area contributed by atoms with Gasteiger partial charge in [-0.25, -0.2) is 0 Å². The summed E-state index contributed by atoms with van der Waals surface area (Å²) in [5, 5.41) is 10.7. The van der Waals surface area contributed by atoms with Crippen molar-refractivity contribution in [1.29, 1.82) is 0 Å². The third kappa shape index (κ3) is 18.1. The van der Waals surface area contributed by atoms with Gasteiger partial charge >= 0.3 is 11.9 Å². The second-order valence-electron chi connectivity index (χ2n) is 1.91. The first-order valence-corrected chi connectivity index (χ1v) is 4.19. The highest BCUT2D eigenvalue weighted by Gasteiger charge is 1.95. The Morgan fingerprint density at radius 1 is 1.46 bits per heavy atom. The molecule has 0 fully saturated rings. The molecule has 0 saturated carbocycles. The van der Waals surface area contributed by atoms with E-state index in [1.54, 1.807) is 0 Å². The first kappa shape index (κ1) is 14.4. The molecule has 0 saturated heterocycles. The minimum atomic E-state index is -0.923. The van der Waals surface area contributed by atoms with Crippen LogP contribution < -0.4 is 5.32 Å². The lowest BCUT2D eigenvalue weighted by Gasteiger charge is -2.01. The van der Waals surface area contributed by atoms with Crippen LogP contribution in [0.3, 0.4) is 0 Å². The number of hydrogen-bond acceptors (Lipinski definition) is 4. The Balaban J connectivity index is -0.000000376. The van der Waals surface area contributed by atoms with Gasteiger partial charge in [-0.2, -0.15) is 0 Å². The van der Waals surface area contributed by atoms with Crippen LogP contribution in [-0.2, 0) is 14.3 Å². The number of aliphatic carboxylic acids is 1. The lowest BCUT2D eigenvalue weighted by Crippen LogP contribution is -2.26. The molecule has 5 heteroatoms. The lowest BCUT2D eigenvalue weighted by atomic mass is 10.6. The molecule has 0 amide bonds. The van der Waals surface area contributed by atoms with E-state index in [2.05, 4.69) is 10.1 Å². The van der Waals surface area contributed by atoms with E-state index in [1.165, 1.54) is 6.92 Å². The highest BCUT2D eigenvalue weighted by atomic mass is 16.5. The van der Waals surface area contributed by atoms with Crippen LogP contribution >= 0.6 is 0 Å². The zero-order valence-electron chi connectivity index (χ0n) is 8.29. The van der Waals surface area contributed by atoms with Crippen molar-refractivity contribution in [3.8, 4) is 0 Å². The largest absolute Gasteiger partial charge is 0.480 e. The number of carboxylic acid groups (broad SMARTS) is 1. The maximum absolute atomic E-state index is 10.2. The molecule has 0 unspecified atom stereocenters. The second kappa shape index (κ2) is 10.9. The summed E-state index contributed by atoms with van der Waals surface area (Å²) in [5.74, 6) is -1.28. The molecule has 2 N–H and O–H groups in total. The van der Waals surface area contributed by atoms with Gasteiger partial charge in [-0.15, -0.1) is 0 Å². The van der Waals surface area contributed by atoms with Crippen LogP contribution in [0.4, 0.5) is 0 Å². The zero-order valence-corrected chi connectivity index (χ0v) is 8.29. The molecule has 0 heterocycles. The molecule has 0 aromatic carbocycles. The molecule has 0 radical (unpaired) electrons. The molecule has 0 aliphatic rings. The molecule has 0 spiro atoms. The van der Waals surface area contributed by atoms with Gasteiger partial charge in [0, 0.05) is 14.9 Å². The number of rotatable bonds is 5. The average molecular weight is 193 g/mol. The van der Waals surface area contributed by atoms with Crippen molar-refractivity contribution in [1.82, 2.24) is 5.32 Å². The minimum Gasteiger partial charge on any atom is -0.480 e. The number of nitrogens with one attached hydrogen (secondary N) is 1. The summed E-state index contributed by atoms with van der Waals surface area (Å²) in [6.45, 7) is 5.77. The van der Waals surface area contributed by atoms with Crippen molar-refractivity contribution in [2.75, 3.05) is 19.7 Å². The molecule has 0 aliphatic carbocycles. The SMILES string of the molecule is CC.CC(=O)OCCNCC(=O)O.[HH]. The van der Waals surface area contributed by atoms with Gasteiger partial charge in [-0.1, -0.05) is 13.8 Å². The highest BCUT2D eigenvalue weighted by Crippen LogP contribution is 1.73. The zero-order chi connectivity index (χ0) is 10.7. The fourth-order valence-electron chi connectivity index (χ4n) is 0.462. The van der Waals surface area contributed by atoms with Gasteiger partial charge in [-0.05, 0) is 0 Å². The van der Waals surface area contributed by atoms with E-state index in [4.69, 9.17) is 5.11 Å². The van der Waals surface area contributed by atoms with E-state index >= 15 is 0 Å². The molecule has 0 aromatic rings. The van der Waals surface area contributed by atoms with Crippen molar-refractivity contribution in [2.45, 2.75) is 20.8 Å². The van der Waals surface area contributed by atoms with Gasteiger partial charge < -0.3 is 15.2 Å². The number of carbonyl (C=O) groups is 2. The predicted molar refractivity (Wildman–Crippen MR) is 50.6 cm³/mol. The maximum Gasteiger partial charge on any atom is 0.317 e. The van der Waals surface area contributed by atoms with E-state index in [1.807, 2.05) is 13.8 Å². The third-order valence-electron chi connectivity index (χ3n) is 0.860. The van der Waals surface area contributed by atoms with Gasteiger partial charge in [0.1, 0.15) is 6.61 Å². The summed E-state index contributed by atoms with van der Waals surface area (Å²) in [7, 11) is 0. The standard InChI is InChI=1S/C6H11NO4.C2H6.H2/c1-5(8)11-3-2-7-4-6(9)10;1-2;/h7H,2-4H2,1H3,(H,9,10);1-2H3;1H. The Kier molecular flexibility index (Phi) is 12.1. The smallest absolute Gasteiger partial charge is 0.317 e. The third-order valence-corrected chi connectivity index (χ3v) is 0.860. The van der Waals surface area contributed by atoms with Crippen molar-refractivity contribution in [3.05, 3.63) is 0 Å². The normalized spacial score (nSPS) is 8.23. The highest BCUT2D eigenvalue weighted by molar-refractivity contribution is 5.69. The number of carbonyl (C=O) groups excluding carboxylic acids is 1. The van der Waals surface area contributed by atoms with Crippen LogP contribution in [0, 0.1) is 0 Å². The quantitative estimate of drug-likeness (QED) is 0.491. The van der Waals surface area contributed by atoms with Gasteiger partial charge in [0.05, 0.1) is 6.54 Å². The number of ether oxygens (including phenoxy) is 1. The van der Waals surface area contributed by atoms with E-state index in [0.717, 1.165) is 0 Å². The van der Waals surface area contributed by atoms with Crippen LogP contribution in [0.2, 0.25) is 0 Å². The summed E-state index contributed by atoms with van der Waals surface area (Å²) in [5.41, 5.74) is 0. The molecule has 0 aliphatic heterocycles. The molecular formula is C8H19NO4. The molecule has 0 rings (SSSR count). The van der Waals surface area contributed by atoms with Crippen LogP contribution in [0.25, 0.3) is 0 Å². The fraction of sp³-hybridized carbons (Fsp3) is 0.750. The summed E-state index contributed by atoms with van der Waals surface area (Å²) in [6.07, 6.45) is 0. The van der Waals surface area contributed by atoms with Gasteiger partial charge in [0.25, 0.3) is 0 Å². The monoisotopic (exact) mass is 193 g/mol. The Morgan fingerprint density at radius 3 is 2.38 bits per heavy atom. The van der Waals surface area contributed by atoms with Gasteiger partial charge in [0.2, 0.25) is 0 Å². The Bertz CT molecular complexity index is 136. The van der Waals surface area contributed by atoms with Crippen LogP contribution in [0.15, 0.2) is 0 Å². The maximum atomic E-state index is 10.2. The first-order chi connectivity index (χ1) is 6.13. The molecule has 13 heavy (non-hydrogen) atoms. The molecule has 5 nitrogen and oxygen atoms in total. The number of hydrogen-bond donors (Lipinski definition) is 2. The van der Waals surface area contributed by atoms with Crippen molar-refractivity contribution < 1.29 is 20.9 Å². The lowest BCUT2D eigenvalue weighted by molar-refractivity contribution is -0.140. The molecular weight excluding hydrogens is 174 g/mol. The van der Waals surface area contributed by atoms with E-state index in [-0.39, 0.29) is 20.5 Å². The second-order valence-corrected chi connectivity index (χ2v) is 1.91. The molecule has 0 bridgehead atoms. The van der Waals surface area contributed by atoms with Crippen molar-refractivity contribution in [3.63, 3.8) is 0 Å². The van der Waals surface area contributed by atoms with E-state index < -0.39 is 5.97 Å². The minimum absolute atomic E-state index is 0. The van der Waals surface area contributed by atoms with Gasteiger partial charge in [0.15, 0.2) is 0 Å². The summed E-state index contributed by atoms with van der Waals surface area (Å²) in [6, 6.07) is 0. The molecule has 0 atom stereocenters. The molecule has 0 aromatic heterocycles. The number of esters is 1. The number of carboxylic acids is 1. The summed E-state index contributed by atoms with van der Waals surface area (Å²) >= 11 is 0. The predicted octanol–water partition coefficient (Wildman–Crippen LogP) is 0.496. The molecule has 80 valence electrons. The Morgan fingerprint density at radius 2 is 2.00 bits per heavy atom. The topological polar surface area (TPSA) is 75.6 Å². The summed E-state index contributed by atoms with van der Waals surface area (Å²) < 4.78 is 4.53.